The molecule has 17 heavy (non-hydrogen) atoms. The van der Waals surface area contributed by atoms with Crippen LogP contribution in [0.4, 0.5) is 4.39 Å². The molecule has 1 heterocycles. The first-order valence-electron chi connectivity index (χ1n) is 5.41. The number of carbonyl (C=O) groups is 1. The molecule has 0 atom stereocenters. The van der Waals surface area contributed by atoms with E-state index in [0.29, 0.717) is 0 Å². The Kier molecular flexibility index (Phi) is 3.38. The molecule has 0 aliphatic carbocycles. The van der Waals surface area contributed by atoms with E-state index in [2.05, 4.69) is 0 Å². The summed E-state index contributed by atoms with van der Waals surface area (Å²) < 4.78 is 13.0. The van der Waals surface area contributed by atoms with Crippen molar-refractivity contribution in [3.8, 4) is 0 Å². The summed E-state index contributed by atoms with van der Waals surface area (Å²) in [6.07, 6.45) is 0.262. The zero-order valence-corrected chi connectivity index (χ0v) is 10.6. The SMILES string of the molecule is Cc1cc(C)c(C(=O)Cc2cccc(F)c2)s1. The van der Waals surface area contributed by atoms with Crippen LogP contribution in [0.15, 0.2) is 30.3 Å². The van der Waals surface area contributed by atoms with Crippen LogP contribution in [-0.4, -0.2) is 5.78 Å². The molecule has 2 aromatic rings. The van der Waals surface area contributed by atoms with Crippen molar-refractivity contribution in [2.45, 2.75) is 20.3 Å². The zero-order valence-electron chi connectivity index (χ0n) is 9.79. The number of Topliss-reactive ketones (excluding diaryl/α,β-unsaturated/α-hetero) is 1. The quantitative estimate of drug-likeness (QED) is 0.752. The molecule has 0 aliphatic heterocycles. The van der Waals surface area contributed by atoms with Crippen LogP contribution in [0, 0.1) is 19.7 Å². The minimum Gasteiger partial charge on any atom is -0.293 e. The molecule has 0 fully saturated rings. The van der Waals surface area contributed by atoms with Crippen molar-refractivity contribution in [2.75, 3.05) is 0 Å². The Morgan fingerprint density at radius 2 is 2.06 bits per heavy atom. The maximum atomic E-state index is 13.0. The molecule has 0 saturated heterocycles. The number of hydrogen-bond donors (Lipinski definition) is 0. The van der Waals surface area contributed by atoms with Gasteiger partial charge in [-0.1, -0.05) is 12.1 Å². The third-order valence-electron chi connectivity index (χ3n) is 2.55. The molecule has 0 unspecified atom stereocenters. The van der Waals surface area contributed by atoms with Gasteiger partial charge in [0.1, 0.15) is 5.82 Å². The van der Waals surface area contributed by atoms with Gasteiger partial charge in [-0.2, -0.15) is 0 Å². The van der Waals surface area contributed by atoms with Gasteiger partial charge in [0.15, 0.2) is 5.78 Å². The van der Waals surface area contributed by atoms with E-state index in [0.717, 1.165) is 20.9 Å². The van der Waals surface area contributed by atoms with Crippen molar-refractivity contribution in [3.63, 3.8) is 0 Å². The summed E-state index contributed by atoms with van der Waals surface area (Å²) >= 11 is 1.50. The lowest BCUT2D eigenvalue weighted by atomic mass is 10.1. The Labute approximate surface area is 104 Å². The lowest BCUT2D eigenvalue weighted by Gasteiger charge is -2.00. The fourth-order valence-corrected chi connectivity index (χ4v) is 2.79. The summed E-state index contributed by atoms with van der Waals surface area (Å²) in [7, 11) is 0. The van der Waals surface area contributed by atoms with E-state index in [1.807, 2.05) is 19.9 Å². The lowest BCUT2D eigenvalue weighted by Crippen LogP contribution is -2.02. The predicted octanol–water partition coefficient (Wildman–Crippen LogP) is 3.93. The number of hydrogen-bond acceptors (Lipinski definition) is 2. The van der Waals surface area contributed by atoms with Crippen molar-refractivity contribution in [3.05, 3.63) is 57.0 Å². The molecular weight excluding hydrogens is 235 g/mol. The third kappa shape index (κ3) is 2.80. The predicted molar refractivity (Wildman–Crippen MR) is 68.2 cm³/mol. The van der Waals surface area contributed by atoms with E-state index in [1.54, 1.807) is 12.1 Å². The van der Waals surface area contributed by atoms with Gasteiger partial charge in [0.2, 0.25) is 0 Å². The molecular formula is C14H13FOS. The smallest absolute Gasteiger partial charge is 0.177 e. The lowest BCUT2D eigenvalue weighted by molar-refractivity contribution is 0.0996. The molecule has 0 bridgehead atoms. The highest BCUT2D eigenvalue weighted by Gasteiger charge is 2.13. The normalized spacial score (nSPS) is 10.5. The number of rotatable bonds is 3. The van der Waals surface area contributed by atoms with Gasteiger partial charge in [-0.05, 0) is 43.2 Å². The number of benzene rings is 1. The Morgan fingerprint density at radius 1 is 1.29 bits per heavy atom. The molecule has 0 spiro atoms. The molecule has 1 aromatic carbocycles. The van der Waals surface area contributed by atoms with Crippen LogP contribution >= 0.6 is 11.3 Å². The van der Waals surface area contributed by atoms with E-state index in [1.165, 1.54) is 23.5 Å². The van der Waals surface area contributed by atoms with Gasteiger partial charge in [-0.3, -0.25) is 4.79 Å². The first-order valence-corrected chi connectivity index (χ1v) is 6.22. The summed E-state index contributed by atoms with van der Waals surface area (Å²) in [4.78, 5) is 14.0. The first-order chi connectivity index (χ1) is 8.06. The summed E-state index contributed by atoms with van der Waals surface area (Å²) in [5, 5.41) is 0. The highest BCUT2D eigenvalue weighted by Crippen LogP contribution is 2.22. The topological polar surface area (TPSA) is 17.1 Å². The van der Waals surface area contributed by atoms with E-state index in [9.17, 15) is 9.18 Å². The molecule has 0 radical (unpaired) electrons. The van der Waals surface area contributed by atoms with Gasteiger partial charge in [0.25, 0.3) is 0 Å². The van der Waals surface area contributed by atoms with Crippen LogP contribution in [0.3, 0.4) is 0 Å². The fourth-order valence-electron chi connectivity index (χ4n) is 1.83. The van der Waals surface area contributed by atoms with E-state index in [4.69, 9.17) is 0 Å². The van der Waals surface area contributed by atoms with Gasteiger partial charge in [0.05, 0.1) is 4.88 Å². The fraction of sp³-hybridized carbons (Fsp3) is 0.214. The van der Waals surface area contributed by atoms with Crippen LogP contribution < -0.4 is 0 Å². The van der Waals surface area contributed by atoms with Gasteiger partial charge < -0.3 is 0 Å². The van der Waals surface area contributed by atoms with Crippen molar-refractivity contribution in [1.82, 2.24) is 0 Å². The monoisotopic (exact) mass is 248 g/mol. The van der Waals surface area contributed by atoms with Crippen molar-refractivity contribution in [1.29, 1.82) is 0 Å². The average Bonchev–Trinajstić information content (AvgIpc) is 2.58. The first kappa shape index (κ1) is 12.0. The van der Waals surface area contributed by atoms with Gasteiger partial charge >= 0.3 is 0 Å². The van der Waals surface area contributed by atoms with Crippen LogP contribution in [0.5, 0.6) is 0 Å². The maximum absolute atomic E-state index is 13.0. The molecule has 88 valence electrons. The van der Waals surface area contributed by atoms with Crippen LogP contribution in [0.1, 0.15) is 25.7 Å². The standard InChI is InChI=1S/C14H13FOS/c1-9-6-10(2)17-14(9)13(16)8-11-4-3-5-12(15)7-11/h3-7H,8H2,1-2H3. The third-order valence-corrected chi connectivity index (χ3v) is 3.74. The molecule has 1 aromatic heterocycles. The summed E-state index contributed by atoms with van der Waals surface area (Å²) in [5.74, 6) is -0.236. The highest BCUT2D eigenvalue weighted by molar-refractivity contribution is 7.14. The second-order valence-electron chi connectivity index (χ2n) is 4.10. The summed E-state index contributed by atoms with van der Waals surface area (Å²) in [5.41, 5.74) is 1.73. The minimum absolute atomic E-state index is 0.0613. The Bertz CT molecular complexity index is 557. The number of aryl methyl sites for hydroxylation is 2. The molecule has 0 saturated carbocycles. The van der Waals surface area contributed by atoms with E-state index < -0.39 is 0 Å². The minimum atomic E-state index is -0.297. The highest BCUT2D eigenvalue weighted by atomic mass is 32.1. The number of carbonyl (C=O) groups excluding carboxylic acids is 1. The second-order valence-corrected chi connectivity index (χ2v) is 5.36. The van der Waals surface area contributed by atoms with Crippen molar-refractivity contribution >= 4 is 17.1 Å². The van der Waals surface area contributed by atoms with Crippen molar-refractivity contribution < 1.29 is 9.18 Å². The maximum Gasteiger partial charge on any atom is 0.177 e. The van der Waals surface area contributed by atoms with Crippen LogP contribution in [-0.2, 0) is 6.42 Å². The number of ketones is 1. The Morgan fingerprint density at radius 3 is 2.65 bits per heavy atom. The van der Waals surface area contributed by atoms with E-state index in [-0.39, 0.29) is 18.0 Å². The average molecular weight is 248 g/mol. The van der Waals surface area contributed by atoms with Gasteiger partial charge in [0, 0.05) is 11.3 Å². The zero-order chi connectivity index (χ0) is 12.4. The van der Waals surface area contributed by atoms with Gasteiger partial charge in [-0.25, -0.2) is 4.39 Å². The summed E-state index contributed by atoms with van der Waals surface area (Å²) in [6, 6.07) is 8.20. The molecule has 3 heteroatoms. The molecule has 0 aliphatic rings. The molecule has 2 rings (SSSR count). The van der Waals surface area contributed by atoms with Crippen molar-refractivity contribution in [2.24, 2.45) is 0 Å². The second kappa shape index (κ2) is 4.80. The molecule has 0 N–H and O–H groups in total. The van der Waals surface area contributed by atoms with Gasteiger partial charge in [-0.15, -0.1) is 11.3 Å². The number of halogens is 1. The number of thiophene rings is 1. The van der Waals surface area contributed by atoms with Crippen LogP contribution in [0.25, 0.3) is 0 Å². The van der Waals surface area contributed by atoms with Crippen LogP contribution in [0.2, 0.25) is 0 Å². The summed E-state index contributed by atoms with van der Waals surface area (Å²) in [6.45, 7) is 3.92. The molecule has 0 amide bonds. The van der Waals surface area contributed by atoms with E-state index >= 15 is 0 Å². The molecule has 1 nitrogen and oxygen atoms in total. The Balaban J connectivity index is 2.20. The Hall–Kier alpha value is -1.48. The largest absolute Gasteiger partial charge is 0.293 e.